The van der Waals surface area contributed by atoms with Crippen LogP contribution in [0, 0.1) is 20.8 Å². The van der Waals surface area contributed by atoms with E-state index < -0.39 is 0 Å². The Labute approximate surface area is 165 Å². The van der Waals surface area contributed by atoms with Crippen LogP contribution in [0.5, 0.6) is 0 Å². The average Bonchev–Trinajstić information content (AvgIpc) is 2.88. The van der Waals surface area contributed by atoms with E-state index in [1.54, 1.807) is 13.1 Å². The first kappa shape index (κ1) is 19.8. The topological polar surface area (TPSA) is 81.9 Å². The van der Waals surface area contributed by atoms with E-state index in [4.69, 9.17) is 4.74 Å². The molecule has 0 aromatic carbocycles. The third kappa shape index (κ3) is 3.83. The minimum Gasteiger partial charge on any atom is -0.462 e. The van der Waals surface area contributed by atoms with E-state index in [1.165, 1.54) is 5.56 Å². The molecule has 1 N–H and O–H groups in total. The molecule has 148 valence electrons. The number of fused-ring (bicyclic) bond motifs is 1. The van der Waals surface area contributed by atoms with Crippen LogP contribution in [0.15, 0.2) is 18.3 Å². The molecule has 0 saturated heterocycles. The molecular formula is C21H27N5O2. The zero-order valence-electron chi connectivity index (χ0n) is 17.3. The van der Waals surface area contributed by atoms with E-state index in [2.05, 4.69) is 34.2 Å². The van der Waals surface area contributed by atoms with Crippen molar-refractivity contribution >= 4 is 22.7 Å². The Kier molecular flexibility index (Phi) is 5.63. The zero-order valence-corrected chi connectivity index (χ0v) is 17.3. The van der Waals surface area contributed by atoms with Crippen molar-refractivity contribution in [1.82, 2.24) is 19.7 Å². The number of carbonyl (C=O) groups excluding carboxylic acids is 1. The van der Waals surface area contributed by atoms with Crippen molar-refractivity contribution in [2.45, 2.75) is 47.1 Å². The zero-order chi connectivity index (χ0) is 20.4. The van der Waals surface area contributed by atoms with Crippen LogP contribution in [0.1, 0.15) is 46.9 Å². The van der Waals surface area contributed by atoms with Crippen LogP contribution in [0.3, 0.4) is 0 Å². The molecule has 7 nitrogen and oxygen atoms in total. The summed E-state index contributed by atoms with van der Waals surface area (Å²) in [6.07, 6.45) is 2.33. The first-order valence-corrected chi connectivity index (χ1v) is 9.50. The van der Waals surface area contributed by atoms with Gasteiger partial charge in [-0.3, -0.25) is 4.68 Å². The van der Waals surface area contributed by atoms with Gasteiger partial charge in [0.1, 0.15) is 5.56 Å². The molecule has 0 saturated carbocycles. The Morgan fingerprint density at radius 1 is 1.29 bits per heavy atom. The van der Waals surface area contributed by atoms with Gasteiger partial charge in [0, 0.05) is 36.1 Å². The Morgan fingerprint density at radius 3 is 2.68 bits per heavy atom. The molecule has 0 amide bonds. The molecule has 7 heteroatoms. The van der Waals surface area contributed by atoms with Gasteiger partial charge in [-0.1, -0.05) is 0 Å². The number of anilines is 1. The van der Waals surface area contributed by atoms with Crippen molar-refractivity contribution in [3.05, 3.63) is 46.5 Å². The Bertz CT molecular complexity index is 1030. The van der Waals surface area contributed by atoms with E-state index >= 15 is 0 Å². The van der Waals surface area contributed by atoms with E-state index in [0.29, 0.717) is 23.5 Å². The van der Waals surface area contributed by atoms with Crippen LogP contribution in [0.4, 0.5) is 5.69 Å². The number of aromatic nitrogens is 4. The summed E-state index contributed by atoms with van der Waals surface area (Å²) in [4.78, 5) is 21.3. The summed E-state index contributed by atoms with van der Waals surface area (Å²) >= 11 is 0. The lowest BCUT2D eigenvalue weighted by molar-refractivity contribution is 0.0527. The number of carbonyl (C=O) groups is 1. The highest BCUT2D eigenvalue weighted by Gasteiger charge is 2.20. The number of ether oxygens (including phenoxy) is 1. The van der Waals surface area contributed by atoms with Crippen LogP contribution in [-0.4, -0.2) is 38.4 Å². The maximum atomic E-state index is 12.5. The highest BCUT2D eigenvalue weighted by Crippen LogP contribution is 2.27. The number of pyridine rings is 2. The molecule has 1 atom stereocenters. The van der Waals surface area contributed by atoms with Crippen LogP contribution >= 0.6 is 0 Å². The first-order valence-electron chi connectivity index (χ1n) is 9.50. The fraction of sp³-hybridized carbons (Fsp3) is 0.429. The molecule has 0 aliphatic rings. The minimum atomic E-state index is -0.388. The Morgan fingerprint density at radius 2 is 2.04 bits per heavy atom. The number of aryl methyl sites for hydroxylation is 3. The van der Waals surface area contributed by atoms with E-state index in [9.17, 15) is 4.79 Å². The molecule has 3 heterocycles. The second-order valence-corrected chi connectivity index (χ2v) is 7.11. The number of rotatable bonds is 6. The summed E-state index contributed by atoms with van der Waals surface area (Å²) in [6, 6.07) is 3.94. The Balaban J connectivity index is 1.99. The molecule has 0 aliphatic heterocycles. The van der Waals surface area contributed by atoms with Gasteiger partial charge in [-0.2, -0.15) is 5.10 Å². The van der Waals surface area contributed by atoms with E-state index in [0.717, 1.165) is 28.9 Å². The fourth-order valence-electron chi connectivity index (χ4n) is 3.41. The summed E-state index contributed by atoms with van der Waals surface area (Å²) in [7, 11) is 1.95. The molecule has 3 aromatic rings. The number of hydrogen-bond acceptors (Lipinski definition) is 6. The van der Waals surface area contributed by atoms with Gasteiger partial charge in [-0.25, -0.2) is 14.8 Å². The van der Waals surface area contributed by atoms with Crippen molar-refractivity contribution in [2.24, 2.45) is 7.05 Å². The lowest BCUT2D eigenvalue weighted by Gasteiger charge is -2.19. The van der Waals surface area contributed by atoms with Crippen molar-refractivity contribution in [3.63, 3.8) is 0 Å². The summed E-state index contributed by atoms with van der Waals surface area (Å²) in [5, 5.41) is 8.81. The standard InChI is InChI=1S/C21H27N5O2/c1-7-28-21(27)18-11-22-20-16(9-8-12(2)24-20)19(18)23-13(3)10-17-14(4)25-26(6)15(17)5/h8-9,11,13H,7,10H2,1-6H3,(H,22,23,24)/t13-/m0/s1. The number of esters is 1. The van der Waals surface area contributed by atoms with Gasteiger partial charge >= 0.3 is 5.97 Å². The molecule has 3 aromatic heterocycles. The lowest BCUT2D eigenvalue weighted by atomic mass is 10.0. The molecule has 3 rings (SSSR count). The highest BCUT2D eigenvalue weighted by atomic mass is 16.5. The molecule has 0 bridgehead atoms. The second-order valence-electron chi connectivity index (χ2n) is 7.11. The number of nitrogens with zero attached hydrogens (tertiary/aromatic N) is 4. The van der Waals surface area contributed by atoms with E-state index in [-0.39, 0.29) is 12.0 Å². The van der Waals surface area contributed by atoms with Crippen LogP contribution < -0.4 is 5.32 Å². The predicted octanol–water partition coefficient (Wildman–Crippen LogP) is 3.51. The molecule has 0 spiro atoms. The molecule has 0 fully saturated rings. The fourth-order valence-corrected chi connectivity index (χ4v) is 3.41. The van der Waals surface area contributed by atoms with Crippen molar-refractivity contribution in [2.75, 3.05) is 11.9 Å². The van der Waals surface area contributed by atoms with Crippen LogP contribution in [0.25, 0.3) is 11.0 Å². The second kappa shape index (κ2) is 7.96. The van der Waals surface area contributed by atoms with Crippen molar-refractivity contribution in [3.8, 4) is 0 Å². The summed E-state index contributed by atoms with van der Waals surface area (Å²) < 4.78 is 7.13. The van der Waals surface area contributed by atoms with Gasteiger partial charge in [0.05, 0.1) is 18.0 Å². The van der Waals surface area contributed by atoms with Gasteiger partial charge in [0.2, 0.25) is 0 Å². The molecular weight excluding hydrogens is 354 g/mol. The maximum Gasteiger partial charge on any atom is 0.341 e. The average molecular weight is 381 g/mol. The highest BCUT2D eigenvalue weighted by molar-refractivity contribution is 6.04. The van der Waals surface area contributed by atoms with Gasteiger partial charge < -0.3 is 10.1 Å². The first-order chi connectivity index (χ1) is 13.3. The van der Waals surface area contributed by atoms with Gasteiger partial charge in [0.15, 0.2) is 5.65 Å². The smallest absolute Gasteiger partial charge is 0.341 e. The maximum absolute atomic E-state index is 12.5. The summed E-state index contributed by atoms with van der Waals surface area (Å²) in [6.45, 7) is 10.2. The van der Waals surface area contributed by atoms with E-state index in [1.807, 2.05) is 37.7 Å². The van der Waals surface area contributed by atoms with Crippen molar-refractivity contribution < 1.29 is 9.53 Å². The SMILES string of the molecule is CCOC(=O)c1cnc2nc(C)ccc2c1N[C@@H](C)Cc1c(C)nn(C)c1C. The normalized spacial score (nSPS) is 12.2. The summed E-state index contributed by atoms with van der Waals surface area (Å²) in [5.41, 5.74) is 6.01. The van der Waals surface area contributed by atoms with Crippen LogP contribution in [-0.2, 0) is 18.2 Å². The molecule has 28 heavy (non-hydrogen) atoms. The van der Waals surface area contributed by atoms with Gasteiger partial charge in [0.25, 0.3) is 0 Å². The monoisotopic (exact) mass is 381 g/mol. The van der Waals surface area contributed by atoms with Gasteiger partial charge in [-0.15, -0.1) is 0 Å². The third-order valence-electron chi connectivity index (χ3n) is 4.92. The molecule has 0 radical (unpaired) electrons. The quantitative estimate of drug-likeness (QED) is 0.658. The summed E-state index contributed by atoms with van der Waals surface area (Å²) in [5.74, 6) is -0.388. The van der Waals surface area contributed by atoms with Gasteiger partial charge in [-0.05, 0) is 58.7 Å². The van der Waals surface area contributed by atoms with Crippen molar-refractivity contribution in [1.29, 1.82) is 0 Å². The number of nitrogens with one attached hydrogen (secondary N) is 1. The predicted molar refractivity (Wildman–Crippen MR) is 110 cm³/mol. The minimum absolute atomic E-state index is 0.0710. The third-order valence-corrected chi connectivity index (χ3v) is 4.92. The lowest BCUT2D eigenvalue weighted by Crippen LogP contribution is -2.21. The Hall–Kier alpha value is -2.96. The molecule has 0 aliphatic carbocycles. The number of hydrogen-bond donors (Lipinski definition) is 1. The molecule has 0 unspecified atom stereocenters. The largest absolute Gasteiger partial charge is 0.462 e. The van der Waals surface area contributed by atoms with Crippen LogP contribution in [0.2, 0.25) is 0 Å².